The van der Waals surface area contributed by atoms with Crippen LogP contribution < -0.4 is 0 Å². The van der Waals surface area contributed by atoms with Crippen LogP contribution >= 0.6 is 0 Å². The van der Waals surface area contributed by atoms with Crippen LogP contribution in [-0.2, 0) is 17.6 Å². The van der Waals surface area contributed by atoms with E-state index in [1.807, 2.05) is 0 Å². The lowest BCUT2D eigenvalue weighted by atomic mass is 9.32. The van der Waals surface area contributed by atoms with E-state index in [2.05, 4.69) is 25.7 Å². The fourth-order valence-electron chi connectivity index (χ4n) is 4.87. The van der Waals surface area contributed by atoms with E-state index in [-0.39, 0.29) is 19.3 Å². The van der Waals surface area contributed by atoms with E-state index in [4.69, 9.17) is 4.52 Å². The average molecular weight is 410 g/mol. The van der Waals surface area contributed by atoms with Crippen molar-refractivity contribution < 1.29 is 27.2 Å². The first-order valence-electron chi connectivity index (χ1n) is 8.75. The maximum atomic E-state index is 15.9. The highest BCUT2D eigenvalue weighted by Crippen LogP contribution is 2.79. The molecule has 0 unspecified atom stereocenters. The van der Waals surface area contributed by atoms with Crippen LogP contribution in [-0.4, -0.2) is 41.4 Å². The molecular formula is C17H14F4N6O2. The van der Waals surface area contributed by atoms with Gasteiger partial charge in [0.2, 0.25) is 6.39 Å². The molecule has 0 spiro atoms. The predicted octanol–water partition coefficient (Wildman–Crippen LogP) is 1.98. The fraction of sp³-hybridized carbons (Fsp3) is 0.471. The number of tetrazole rings is 1. The highest BCUT2D eigenvalue weighted by Gasteiger charge is 2.83. The summed E-state index contributed by atoms with van der Waals surface area (Å²) in [5.74, 6) is -5.66. The Hall–Kier alpha value is -2.89. The maximum Gasteiger partial charge on any atom is 0.287 e. The lowest BCUT2D eigenvalue weighted by Gasteiger charge is -2.72. The molecule has 0 radical (unpaired) electrons. The molecule has 3 saturated carbocycles. The SMILES string of the molecule is O[C@@](Cn1cnnn1)(c1ccc(F)cc1F)C(F)(F)C12CC(c3ncon3)(C1)C2. The molecule has 3 aromatic rings. The average Bonchev–Trinajstić information content (AvgIpc) is 3.25. The number of benzene rings is 1. The third-order valence-corrected chi connectivity index (χ3v) is 6.21. The molecule has 0 aliphatic heterocycles. The Morgan fingerprint density at radius 2 is 1.97 bits per heavy atom. The summed E-state index contributed by atoms with van der Waals surface area (Å²) in [6, 6.07) is 2.10. The van der Waals surface area contributed by atoms with Crippen LogP contribution in [0, 0.1) is 17.0 Å². The zero-order chi connectivity index (χ0) is 20.5. The number of rotatable bonds is 6. The Morgan fingerprint density at radius 3 is 2.55 bits per heavy atom. The molecule has 1 N–H and O–H groups in total. The first-order chi connectivity index (χ1) is 13.7. The molecule has 6 rings (SSSR count). The highest BCUT2D eigenvalue weighted by molar-refractivity contribution is 5.38. The van der Waals surface area contributed by atoms with Crippen molar-refractivity contribution >= 4 is 0 Å². The zero-order valence-electron chi connectivity index (χ0n) is 14.8. The minimum Gasteiger partial charge on any atom is -0.377 e. The van der Waals surface area contributed by atoms with Crippen LogP contribution in [0.4, 0.5) is 17.6 Å². The van der Waals surface area contributed by atoms with Gasteiger partial charge in [-0.3, -0.25) is 0 Å². The third kappa shape index (κ3) is 2.26. The molecule has 0 saturated heterocycles. The van der Waals surface area contributed by atoms with Crippen molar-refractivity contribution in [2.45, 2.75) is 42.7 Å². The van der Waals surface area contributed by atoms with Gasteiger partial charge < -0.3 is 9.63 Å². The summed E-state index contributed by atoms with van der Waals surface area (Å²) >= 11 is 0. The molecule has 2 aromatic heterocycles. The molecular weight excluding hydrogens is 396 g/mol. The lowest BCUT2D eigenvalue weighted by Crippen LogP contribution is -2.76. The van der Waals surface area contributed by atoms with E-state index in [1.165, 1.54) is 0 Å². The van der Waals surface area contributed by atoms with Gasteiger partial charge in [0.25, 0.3) is 5.92 Å². The second-order valence-corrected chi connectivity index (χ2v) is 7.91. The Morgan fingerprint density at radius 1 is 1.21 bits per heavy atom. The Balaban J connectivity index is 1.54. The standard InChI is InChI=1S/C17H14F4N6O2/c18-10-1-2-11(12(19)3-10)16(28,7-27-8-23-25-26-27)17(20,21)15-4-14(5-15,6-15)13-22-9-29-24-13/h1-3,8-9,28H,4-7H2/t14?,15?,16-/m0/s1. The Kier molecular flexibility index (Phi) is 3.50. The minimum absolute atomic E-state index is 0.00721. The van der Waals surface area contributed by atoms with E-state index in [9.17, 15) is 13.9 Å². The molecule has 3 fully saturated rings. The number of hydrogen-bond acceptors (Lipinski definition) is 7. The molecule has 29 heavy (non-hydrogen) atoms. The summed E-state index contributed by atoms with van der Waals surface area (Å²) in [5.41, 5.74) is -5.95. The smallest absolute Gasteiger partial charge is 0.287 e. The highest BCUT2D eigenvalue weighted by atomic mass is 19.3. The molecule has 3 aliphatic rings. The van der Waals surface area contributed by atoms with Gasteiger partial charge in [0.05, 0.1) is 6.54 Å². The first-order valence-corrected chi connectivity index (χ1v) is 8.75. The van der Waals surface area contributed by atoms with Crippen molar-refractivity contribution in [1.82, 2.24) is 30.3 Å². The van der Waals surface area contributed by atoms with Gasteiger partial charge in [0.1, 0.15) is 18.0 Å². The van der Waals surface area contributed by atoms with Crippen molar-refractivity contribution in [3.8, 4) is 0 Å². The molecule has 2 heterocycles. The van der Waals surface area contributed by atoms with Gasteiger partial charge in [-0.25, -0.2) is 22.2 Å². The van der Waals surface area contributed by atoms with Crippen LogP contribution in [0.3, 0.4) is 0 Å². The Bertz CT molecular complexity index is 1040. The van der Waals surface area contributed by atoms with Gasteiger partial charge in [-0.2, -0.15) is 4.98 Å². The summed E-state index contributed by atoms with van der Waals surface area (Å²) in [6.45, 7) is -0.813. The fourth-order valence-corrected chi connectivity index (χ4v) is 4.87. The molecule has 3 aliphatic carbocycles. The second kappa shape index (κ2) is 5.59. The molecule has 1 aromatic carbocycles. The summed E-state index contributed by atoms with van der Waals surface area (Å²) in [4.78, 5) is 3.95. The van der Waals surface area contributed by atoms with Crippen LogP contribution in [0.2, 0.25) is 0 Å². The maximum absolute atomic E-state index is 15.9. The van der Waals surface area contributed by atoms with Gasteiger partial charge in [-0.15, -0.1) is 5.10 Å². The zero-order valence-corrected chi connectivity index (χ0v) is 14.8. The largest absolute Gasteiger partial charge is 0.377 e. The minimum atomic E-state index is -3.78. The second-order valence-electron chi connectivity index (χ2n) is 7.91. The first kappa shape index (κ1) is 18.2. The molecule has 1 atom stereocenters. The number of aromatic nitrogens is 6. The van der Waals surface area contributed by atoms with Crippen LogP contribution in [0.1, 0.15) is 30.7 Å². The lowest BCUT2D eigenvalue weighted by molar-refractivity contribution is -0.349. The summed E-state index contributed by atoms with van der Waals surface area (Å²) < 4.78 is 65.2. The van der Waals surface area contributed by atoms with Gasteiger partial charge in [0.15, 0.2) is 11.4 Å². The van der Waals surface area contributed by atoms with Gasteiger partial charge >= 0.3 is 0 Å². The van der Waals surface area contributed by atoms with E-state index in [1.54, 1.807) is 0 Å². The van der Waals surface area contributed by atoms with Gasteiger partial charge in [0, 0.05) is 22.5 Å². The quantitative estimate of drug-likeness (QED) is 0.620. The van der Waals surface area contributed by atoms with E-state index in [0.29, 0.717) is 11.9 Å². The molecule has 2 bridgehead atoms. The van der Waals surface area contributed by atoms with E-state index < -0.39 is 46.1 Å². The molecule has 8 nitrogen and oxygen atoms in total. The topological polar surface area (TPSA) is 103 Å². The molecule has 12 heteroatoms. The van der Waals surface area contributed by atoms with Crippen LogP contribution in [0.25, 0.3) is 0 Å². The van der Waals surface area contributed by atoms with Crippen molar-refractivity contribution in [2.75, 3.05) is 0 Å². The molecule has 152 valence electrons. The number of alkyl halides is 2. The monoisotopic (exact) mass is 410 g/mol. The number of hydrogen-bond donors (Lipinski definition) is 1. The number of nitrogens with zero attached hydrogens (tertiary/aromatic N) is 6. The predicted molar refractivity (Wildman–Crippen MR) is 85.3 cm³/mol. The number of halogens is 4. The van der Waals surface area contributed by atoms with Gasteiger partial charge in [-0.05, 0) is 41.8 Å². The van der Waals surface area contributed by atoms with Crippen molar-refractivity contribution in [3.63, 3.8) is 0 Å². The normalized spacial score (nSPS) is 27.8. The summed E-state index contributed by atoms with van der Waals surface area (Å²) in [5, 5.41) is 25.2. The Labute approximate surface area is 160 Å². The van der Waals surface area contributed by atoms with Crippen molar-refractivity contribution in [3.05, 3.63) is 53.9 Å². The van der Waals surface area contributed by atoms with Gasteiger partial charge in [-0.1, -0.05) is 5.16 Å². The summed E-state index contributed by atoms with van der Waals surface area (Å²) in [7, 11) is 0. The van der Waals surface area contributed by atoms with Crippen LogP contribution in [0.15, 0.2) is 35.4 Å². The number of aliphatic hydroxyl groups is 1. The summed E-state index contributed by atoms with van der Waals surface area (Å²) in [6.07, 6.45) is 2.18. The van der Waals surface area contributed by atoms with Crippen molar-refractivity contribution in [1.29, 1.82) is 0 Å². The van der Waals surface area contributed by atoms with Crippen molar-refractivity contribution in [2.24, 2.45) is 5.41 Å². The molecule has 0 amide bonds. The van der Waals surface area contributed by atoms with Crippen LogP contribution in [0.5, 0.6) is 0 Å². The van der Waals surface area contributed by atoms with E-state index >= 15 is 8.78 Å². The third-order valence-electron chi connectivity index (χ3n) is 6.21. The van der Waals surface area contributed by atoms with E-state index in [0.717, 1.165) is 29.5 Å².